The van der Waals surface area contributed by atoms with Crippen molar-refractivity contribution in [2.75, 3.05) is 12.8 Å². The summed E-state index contributed by atoms with van der Waals surface area (Å²) in [5.41, 5.74) is 10.3. The summed E-state index contributed by atoms with van der Waals surface area (Å²) in [5.74, 6) is -0.121. The number of fused-ring (bicyclic) bond motifs is 1. The van der Waals surface area contributed by atoms with Crippen molar-refractivity contribution >= 4 is 11.6 Å². The maximum Gasteiger partial charge on any atom is 0.172 e. The molecule has 6 heteroatoms. The summed E-state index contributed by atoms with van der Waals surface area (Å²) in [7, 11) is 1.35. The molecule has 4 rings (SSSR count). The van der Waals surface area contributed by atoms with E-state index in [1.807, 2.05) is 24.3 Å². The summed E-state index contributed by atoms with van der Waals surface area (Å²) in [6.45, 7) is 0. The summed E-state index contributed by atoms with van der Waals surface area (Å²) in [6.07, 6.45) is 3.70. The van der Waals surface area contributed by atoms with E-state index in [0.717, 1.165) is 29.5 Å². The highest BCUT2D eigenvalue weighted by molar-refractivity contribution is 5.99. The molecular formula is C23H18FN3O2. The molecule has 1 aliphatic carbocycles. The van der Waals surface area contributed by atoms with E-state index in [1.165, 1.54) is 25.4 Å². The van der Waals surface area contributed by atoms with Crippen LogP contribution in [0.25, 0.3) is 22.3 Å². The first kappa shape index (κ1) is 18.6. The lowest BCUT2D eigenvalue weighted by Crippen LogP contribution is -2.10. The van der Waals surface area contributed by atoms with Crippen molar-refractivity contribution in [2.45, 2.75) is 19.3 Å². The molecule has 0 saturated heterocycles. The van der Waals surface area contributed by atoms with E-state index in [1.54, 1.807) is 6.07 Å². The van der Waals surface area contributed by atoms with Gasteiger partial charge in [-0.15, -0.1) is 0 Å². The Hall–Kier alpha value is -3.72. The Morgan fingerprint density at radius 3 is 2.69 bits per heavy atom. The van der Waals surface area contributed by atoms with E-state index in [-0.39, 0.29) is 22.7 Å². The fraction of sp³-hybridized carbons (Fsp3) is 0.174. The van der Waals surface area contributed by atoms with Crippen LogP contribution in [0.4, 0.5) is 10.2 Å². The highest BCUT2D eigenvalue weighted by Crippen LogP contribution is 2.35. The second-order valence-electron chi connectivity index (χ2n) is 6.96. The Morgan fingerprint density at radius 2 is 1.93 bits per heavy atom. The number of nitriles is 1. The van der Waals surface area contributed by atoms with Gasteiger partial charge in [0, 0.05) is 40.9 Å². The number of ether oxygens (including phenoxy) is 1. The first-order valence-corrected chi connectivity index (χ1v) is 9.22. The number of carbonyl (C=O) groups is 1. The van der Waals surface area contributed by atoms with Gasteiger partial charge in [-0.3, -0.25) is 4.79 Å². The van der Waals surface area contributed by atoms with E-state index in [0.29, 0.717) is 23.4 Å². The zero-order chi connectivity index (χ0) is 20.5. The average molecular weight is 387 g/mol. The molecule has 0 aliphatic heterocycles. The average Bonchev–Trinajstić information content (AvgIpc) is 2.74. The molecule has 2 N–H and O–H groups in total. The van der Waals surface area contributed by atoms with Gasteiger partial charge in [-0.05, 0) is 36.1 Å². The number of aryl methyl sites for hydroxylation is 1. The standard InChI is InChI=1S/C23H18FN3O2/c1-29-21-8-13(11-25)7-18(22(21)24)16-10-19(23(26)27-12-16)15-5-6-17-14(9-15)3-2-4-20(17)28/h5-10,12H,2-4H2,1H3,(H2,26,27). The molecule has 0 fully saturated rings. The third kappa shape index (κ3) is 3.32. The fourth-order valence-corrected chi connectivity index (χ4v) is 3.69. The molecule has 2 aromatic carbocycles. The number of hydrogen-bond donors (Lipinski definition) is 1. The number of Topliss-reactive ketones (excluding diaryl/α,β-unsaturated/α-hetero) is 1. The number of aromatic nitrogens is 1. The number of methoxy groups -OCH3 is 1. The molecule has 0 atom stereocenters. The minimum absolute atomic E-state index is 0.00952. The fourth-order valence-electron chi connectivity index (χ4n) is 3.69. The molecule has 0 amide bonds. The van der Waals surface area contributed by atoms with Crippen LogP contribution in [0.1, 0.15) is 34.3 Å². The second-order valence-corrected chi connectivity index (χ2v) is 6.96. The quantitative estimate of drug-likeness (QED) is 0.713. The van der Waals surface area contributed by atoms with Gasteiger partial charge in [-0.1, -0.05) is 18.2 Å². The molecule has 29 heavy (non-hydrogen) atoms. The zero-order valence-electron chi connectivity index (χ0n) is 15.8. The molecule has 0 bridgehead atoms. The van der Waals surface area contributed by atoms with Crippen molar-refractivity contribution in [1.82, 2.24) is 4.98 Å². The number of hydrogen-bond acceptors (Lipinski definition) is 5. The van der Waals surface area contributed by atoms with Crippen molar-refractivity contribution in [2.24, 2.45) is 0 Å². The lowest BCUT2D eigenvalue weighted by Gasteiger charge is -2.17. The largest absolute Gasteiger partial charge is 0.494 e. The predicted octanol–water partition coefficient (Wildman–Crippen LogP) is 4.54. The van der Waals surface area contributed by atoms with Gasteiger partial charge in [0.25, 0.3) is 0 Å². The van der Waals surface area contributed by atoms with Crippen LogP contribution in [0, 0.1) is 17.1 Å². The zero-order valence-corrected chi connectivity index (χ0v) is 15.8. The van der Waals surface area contributed by atoms with Crippen molar-refractivity contribution in [3.63, 3.8) is 0 Å². The van der Waals surface area contributed by atoms with Crippen LogP contribution >= 0.6 is 0 Å². The SMILES string of the molecule is COc1cc(C#N)cc(-c2cnc(N)c(-c3ccc4c(c3)CCCC4=O)c2)c1F. The van der Waals surface area contributed by atoms with Gasteiger partial charge in [0.15, 0.2) is 17.3 Å². The Bertz CT molecular complexity index is 1180. The van der Waals surface area contributed by atoms with Crippen LogP contribution in [0.3, 0.4) is 0 Å². The van der Waals surface area contributed by atoms with Gasteiger partial charge in [0.2, 0.25) is 0 Å². The molecule has 0 unspecified atom stereocenters. The second kappa shape index (κ2) is 7.36. The molecule has 1 heterocycles. The van der Waals surface area contributed by atoms with Crippen molar-refractivity contribution in [3.8, 4) is 34.1 Å². The number of benzene rings is 2. The Morgan fingerprint density at radius 1 is 1.10 bits per heavy atom. The number of rotatable bonds is 3. The first-order valence-electron chi connectivity index (χ1n) is 9.22. The van der Waals surface area contributed by atoms with Crippen LogP contribution in [0.2, 0.25) is 0 Å². The van der Waals surface area contributed by atoms with Crippen LogP contribution < -0.4 is 10.5 Å². The topological polar surface area (TPSA) is 89.0 Å². The maximum atomic E-state index is 14.8. The molecular weight excluding hydrogens is 369 g/mol. The van der Waals surface area contributed by atoms with E-state index in [2.05, 4.69) is 4.98 Å². The Kier molecular flexibility index (Phi) is 4.73. The van der Waals surface area contributed by atoms with Gasteiger partial charge < -0.3 is 10.5 Å². The smallest absolute Gasteiger partial charge is 0.172 e. The maximum absolute atomic E-state index is 14.8. The van der Waals surface area contributed by atoms with Gasteiger partial charge in [0.05, 0.1) is 18.7 Å². The molecule has 3 aromatic rings. The number of ketones is 1. The molecule has 0 saturated carbocycles. The minimum Gasteiger partial charge on any atom is -0.494 e. The van der Waals surface area contributed by atoms with Crippen LogP contribution in [-0.2, 0) is 6.42 Å². The molecule has 0 radical (unpaired) electrons. The minimum atomic E-state index is -0.569. The predicted molar refractivity (Wildman–Crippen MR) is 108 cm³/mol. The van der Waals surface area contributed by atoms with E-state index in [4.69, 9.17) is 10.5 Å². The summed E-state index contributed by atoms with van der Waals surface area (Å²) in [4.78, 5) is 16.3. The lowest BCUT2D eigenvalue weighted by molar-refractivity contribution is 0.0972. The molecule has 0 spiro atoms. The van der Waals surface area contributed by atoms with Crippen molar-refractivity contribution < 1.29 is 13.9 Å². The Labute approximate surface area is 167 Å². The summed E-state index contributed by atoms with van der Waals surface area (Å²) in [5, 5.41) is 9.24. The van der Waals surface area contributed by atoms with E-state index < -0.39 is 5.82 Å². The Balaban J connectivity index is 1.85. The van der Waals surface area contributed by atoms with E-state index >= 15 is 0 Å². The molecule has 1 aliphatic rings. The summed E-state index contributed by atoms with van der Waals surface area (Å²) < 4.78 is 19.9. The van der Waals surface area contributed by atoms with Crippen molar-refractivity contribution in [1.29, 1.82) is 5.26 Å². The summed E-state index contributed by atoms with van der Waals surface area (Å²) >= 11 is 0. The molecule has 144 valence electrons. The van der Waals surface area contributed by atoms with Gasteiger partial charge in [-0.2, -0.15) is 5.26 Å². The monoisotopic (exact) mass is 387 g/mol. The first-order chi connectivity index (χ1) is 14.0. The third-order valence-electron chi connectivity index (χ3n) is 5.18. The number of nitrogens with zero attached hydrogens (tertiary/aromatic N) is 2. The number of halogens is 1. The summed E-state index contributed by atoms with van der Waals surface area (Å²) in [6, 6.07) is 12.2. The van der Waals surface area contributed by atoms with Crippen LogP contribution in [0.5, 0.6) is 5.75 Å². The number of anilines is 1. The number of pyridine rings is 1. The number of carbonyl (C=O) groups excluding carboxylic acids is 1. The third-order valence-corrected chi connectivity index (χ3v) is 5.18. The van der Waals surface area contributed by atoms with Gasteiger partial charge in [-0.25, -0.2) is 9.37 Å². The number of nitrogens with two attached hydrogens (primary N) is 1. The molecule has 5 nitrogen and oxygen atoms in total. The normalized spacial score (nSPS) is 12.9. The van der Waals surface area contributed by atoms with Gasteiger partial charge in [0.1, 0.15) is 5.82 Å². The van der Waals surface area contributed by atoms with Gasteiger partial charge >= 0.3 is 0 Å². The lowest BCUT2D eigenvalue weighted by atomic mass is 9.88. The van der Waals surface area contributed by atoms with E-state index in [9.17, 15) is 14.4 Å². The van der Waals surface area contributed by atoms with Crippen molar-refractivity contribution in [3.05, 3.63) is 65.1 Å². The number of nitrogen functional groups attached to an aromatic ring is 1. The van der Waals surface area contributed by atoms with Crippen LogP contribution in [-0.4, -0.2) is 17.9 Å². The van der Waals surface area contributed by atoms with Crippen LogP contribution in [0.15, 0.2) is 42.6 Å². The highest BCUT2D eigenvalue weighted by atomic mass is 19.1. The molecule has 1 aromatic heterocycles. The highest BCUT2D eigenvalue weighted by Gasteiger charge is 2.19.